The monoisotopic (exact) mass is 897 g/mol. The maximum absolute atomic E-state index is 11.0. The number of rotatable bonds is 8. The van der Waals surface area contributed by atoms with Crippen LogP contribution in [-0.4, -0.2) is 0 Å². The lowest BCUT2D eigenvalue weighted by Gasteiger charge is -2.28. The third-order valence-electron chi connectivity index (χ3n) is 13.8. The molecular weight excluding hydrogens is 855 g/mol. The summed E-state index contributed by atoms with van der Waals surface area (Å²) in [7, 11) is 0. The van der Waals surface area contributed by atoms with Crippen molar-refractivity contribution in [1.82, 2.24) is 0 Å². The Morgan fingerprint density at radius 2 is 0.757 bits per heavy atom. The molecule has 0 aliphatic rings. The topological polar surface area (TPSA) is 56.6 Å². The molecule has 0 unspecified atom stereocenters. The largest absolute Gasteiger partial charge is 0.456 e. The molecule has 0 aliphatic carbocycles. The van der Waals surface area contributed by atoms with Crippen molar-refractivity contribution in [3.05, 3.63) is 241 Å². The second-order valence-corrected chi connectivity index (χ2v) is 18.1. The second kappa shape index (κ2) is 16.4. The lowest BCUT2D eigenvalue weighted by atomic mass is 9.98. The Morgan fingerprint density at radius 3 is 1.17 bits per heavy atom. The first-order valence-electron chi connectivity index (χ1n) is 23.6. The van der Waals surface area contributed by atoms with Crippen LogP contribution in [0.4, 0.5) is 34.1 Å². The average molecular weight is 898 g/mol. The summed E-state index contributed by atoms with van der Waals surface area (Å²) >= 11 is 0. The number of para-hydroxylation sites is 2. The molecule has 0 atom stereocenters. The van der Waals surface area contributed by atoms with E-state index in [1.165, 1.54) is 22.3 Å². The molecule has 0 fully saturated rings. The highest BCUT2D eigenvalue weighted by Gasteiger charge is 2.23. The summed E-state index contributed by atoms with van der Waals surface area (Å²) in [4.78, 5) is 4.65. The van der Waals surface area contributed by atoms with E-state index >= 15 is 0 Å². The first-order chi connectivity index (χ1) is 34.5. The minimum atomic E-state index is 0.546. The van der Waals surface area contributed by atoms with E-state index in [1.807, 2.05) is 18.2 Å². The number of aryl methyl sites for hydroxylation is 2. The van der Waals surface area contributed by atoms with Crippen LogP contribution in [0.15, 0.2) is 233 Å². The first kappa shape index (κ1) is 40.9. The van der Waals surface area contributed by atoms with Gasteiger partial charge in [-0.05, 0) is 154 Å². The molecular formula is C65H43N3O2. The normalized spacial score (nSPS) is 11.6. The van der Waals surface area contributed by atoms with E-state index in [0.29, 0.717) is 27.9 Å². The number of benzene rings is 11. The molecule has 0 saturated carbocycles. The van der Waals surface area contributed by atoms with E-state index < -0.39 is 0 Å². The van der Waals surface area contributed by atoms with Crippen LogP contribution >= 0.6 is 0 Å². The zero-order chi connectivity index (χ0) is 46.9. The van der Waals surface area contributed by atoms with Crippen molar-refractivity contribution in [2.24, 2.45) is 0 Å². The number of nitriles is 1. The minimum absolute atomic E-state index is 0.546. The number of furan rings is 2. The molecule has 5 heteroatoms. The molecule has 0 bridgehead atoms. The third kappa shape index (κ3) is 6.85. The van der Waals surface area contributed by atoms with Gasteiger partial charge in [-0.2, -0.15) is 5.26 Å². The molecule has 0 N–H and O–H groups in total. The Labute approximate surface area is 404 Å². The molecule has 0 spiro atoms. The predicted molar refractivity (Wildman–Crippen MR) is 290 cm³/mol. The Morgan fingerprint density at radius 1 is 0.343 bits per heavy atom. The van der Waals surface area contributed by atoms with Crippen molar-refractivity contribution in [3.63, 3.8) is 0 Å². The van der Waals surface area contributed by atoms with Gasteiger partial charge in [-0.25, -0.2) is 0 Å². The first-order valence-corrected chi connectivity index (χ1v) is 23.6. The Hall–Kier alpha value is -9.37. The number of nitrogens with zero attached hydrogens (tertiary/aromatic N) is 3. The zero-order valence-electron chi connectivity index (χ0n) is 38.5. The molecule has 330 valence electrons. The van der Waals surface area contributed by atoms with Crippen LogP contribution in [0, 0.1) is 25.2 Å². The van der Waals surface area contributed by atoms with Crippen LogP contribution in [0.25, 0.3) is 87.7 Å². The second-order valence-electron chi connectivity index (χ2n) is 18.1. The van der Waals surface area contributed by atoms with E-state index in [2.05, 4.69) is 236 Å². The molecule has 2 aromatic heterocycles. The highest BCUT2D eigenvalue weighted by molar-refractivity contribution is 6.22. The molecule has 5 nitrogen and oxygen atoms in total. The van der Waals surface area contributed by atoms with E-state index in [4.69, 9.17) is 8.83 Å². The van der Waals surface area contributed by atoms with Crippen molar-refractivity contribution in [2.75, 3.05) is 9.80 Å². The number of hydrogen-bond donors (Lipinski definition) is 0. The summed E-state index contributed by atoms with van der Waals surface area (Å²) in [6.07, 6.45) is 0. The molecule has 0 amide bonds. The molecule has 13 aromatic rings. The van der Waals surface area contributed by atoms with Gasteiger partial charge in [0.25, 0.3) is 0 Å². The molecule has 13 rings (SSSR count). The zero-order valence-corrected chi connectivity index (χ0v) is 38.5. The molecule has 0 saturated heterocycles. The molecule has 0 aliphatic heterocycles. The Balaban J connectivity index is 0.919. The van der Waals surface area contributed by atoms with Crippen LogP contribution < -0.4 is 9.80 Å². The average Bonchev–Trinajstić information content (AvgIpc) is 3.95. The van der Waals surface area contributed by atoms with Gasteiger partial charge in [0, 0.05) is 61.7 Å². The Kier molecular flexibility index (Phi) is 9.60. The lowest BCUT2D eigenvalue weighted by Crippen LogP contribution is -2.11. The standard InChI is InChI=1S/C65H43N3O2/c1-41-23-25-47(43-15-7-3-8-16-43)35-58(41)67(51-19-11-5-12-20-51)53-29-27-45-33-55-60(37-49(45)31-53)69-62-39-63-65(57(40-66)64(55)62)56-34-46-28-30-54(32-50(46)38-61(56)70-63)68(52-21-13-6-14-22-52)59-36-48(26-24-42(59)2)44-17-9-4-10-18-44/h3-39H,1-2H3. The van der Waals surface area contributed by atoms with Gasteiger partial charge < -0.3 is 18.6 Å². The summed E-state index contributed by atoms with van der Waals surface area (Å²) in [6.45, 7) is 4.33. The molecule has 2 heterocycles. The van der Waals surface area contributed by atoms with Gasteiger partial charge in [-0.1, -0.05) is 133 Å². The van der Waals surface area contributed by atoms with Gasteiger partial charge in [-0.15, -0.1) is 0 Å². The quantitative estimate of drug-likeness (QED) is 0.152. The number of hydrogen-bond acceptors (Lipinski definition) is 5. The van der Waals surface area contributed by atoms with Gasteiger partial charge in [0.15, 0.2) is 0 Å². The van der Waals surface area contributed by atoms with E-state index in [9.17, 15) is 5.26 Å². The van der Waals surface area contributed by atoms with Crippen molar-refractivity contribution < 1.29 is 8.83 Å². The van der Waals surface area contributed by atoms with Gasteiger partial charge in [0.1, 0.15) is 28.4 Å². The highest BCUT2D eigenvalue weighted by Crippen LogP contribution is 2.46. The van der Waals surface area contributed by atoms with Gasteiger partial charge in [-0.3, -0.25) is 0 Å². The van der Waals surface area contributed by atoms with Gasteiger partial charge >= 0.3 is 0 Å². The summed E-state index contributed by atoms with van der Waals surface area (Å²) < 4.78 is 13.4. The maximum Gasteiger partial charge on any atom is 0.140 e. The summed E-state index contributed by atoms with van der Waals surface area (Å²) in [5, 5.41) is 18.6. The van der Waals surface area contributed by atoms with Crippen molar-refractivity contribution in [3.8, 4) is 28.3 Å². The summed E-state index contributed by atoms with van der Waals surface area (Å²) in [6, 6.07) is 81.7. The fourth-order valence-corrected chi connectivity index (χ4v) is 10.4. The van der Waals surface area contributed by atoms with Gasteiger partial charge in [0.2, 0.25) is 0 Å². The fourth-order valence-electron chi connectivity index (χ4n) is 10.4. The van der Waals surface area contributed by atoms with Crippen molar-refractivity contribution >= 4 is 99.5 Å². The third-order valence-corrected chi connectivity index (χ3v) is 13.8. The van der Waals surface area contributed by atoms with Crippen LogP contribution in [0.2, 0.25) is 0 Å². The van der Waals surface area contributed by atoms with E-state index in [1.54, 1.807) is 0 Å². The molecule has 11 aromatic carbocycles. The maximum atomic E-state index is 11.0. The summed E-state index contributed by atoms with van der Waals surface area (Å²) in [5.74, 6) is 0. The smallest absolute Gasteiger partial charge is 0.140 e. The van der Waals surface area contributed by atoms with Crippen LogP contribution in [0.1, 0.15) is 16.7 Å². The fraction of sp³-hybridized carbons (Fsp3) is 0.0308. The highest BCUT2D eigenvalue weighted by atomic mass is 16.3. The van der Waals surface area contributed by atoms with Crippen LogP contribution in [0.3, 0.4) is 0 Å². The van der Waals surface area contributed by atoms with Crippen molar-refractivity contribution in [1.29, 1.82) is 5.26 Å². The Bertz CT molecular complexity index is 3940. The van der Waals surface area contributed by atoms with Crippen LogP contribution in [-0.2, 0) is 0 Å². The van der Waals surface area contributed by atoms with Gasteiger partial charge in [0.05, 0.1) is 5.56 Å². The van der Waals surface area contributed by atoms with E-state index in [0.717, 1.165) is 88.3 Å². The molecule has 70 heavy (non-hydrogen) atoms. The molecule has 0 radical (unpaired) electrons. The van der Waals surface area contributed by atoms with Crippen molar-refractivity contribution in [2.45, 2.75) is 13.8 Å². The number of fused-ring (bicyclic) bond motifs is 8. The predicted octanol–water partition coefficient (Wildman–Crippen LogP) is 18.6. The number of anilines is 6. The van der Waals surface area contributed by atoms with E-state index in [-0.39, 0.29) is 0 Å². The summed E-state index contributed by atoms with van der Waals surface area (Å²) in [5.41, 5.74) is 16.6. The SMILES string of the molecule is Cc1ccc(-c2ccccc2)cc1N(c1ccccc1)c1ccc2cc3c(cc2c1)oc1cc2oc4cc5cc(N(c6ccccc6)c6cc(-c7ccccc7)ccc6C)ccc5cc4c2c(C#N)c13. The van der Waals surface area contributed by atoms with Crippen LogP contribution in [0.5, 0.6) is 0 Å². The lowest BCUT2D eigenvalue weighted by molar-refractivity contribution is 0.656. The minimum Gasteiger partial charge on any atom is -0.456 e.